The zero-order valence-electron chi connectivity index (χ0n) is 8.79. The molecule has 86 valence electrons. The molecule has 0 spiro atoms. The van der Waals surface area contributed by atoms with Crippen LogP contribution >= 0.6 is 0 Å². The van der Waals surface area contributed by atoms with E-state index in [9.17, 15) is 4.79 Å². The van der Waals surface area contributed by atoms with Gasteiger partial charge in [-0.1, -0.05) is 6.92 Å². The summed E-state index contributed by atoms with van der Waals surface area (Å²) >= 11 is 0. The van der Waals surface area contributed by atoms with Crippen LogP contribution in [-0.2, 0) is 4.79 Å². The number of hydrogen-bond acceptors (Lipinski definition) is 5. The third-order valence-electron chi connectivity index (χ3n) is 2.27. The summed E-state index contributed by atoms with van der Waals surface area (Å²) in [4.78, 5) is 11.1. The van der Waals surface area contributed by atoms with Crippen LogP contribution in [-0.4, -0.2) is 48.0 Å². The predicted octanol–water partition coefficient (Wildman–Crippen LogP) is -1.65. The van der Waals surface area contributed by atoms with Gasteiger partial charge in [-0.3, -0.25) is 10.1 Å². The van der Waals surface area contributed by atoms with Gasteiger partial charge in [0, 0.05) is 0 Å². The zero-order chi connectivity index (χ0) is 11.7. The van der Waals surface area contributed by atoms with Gasteiger partial charge in [0.05, 0.1) is 31.4 Å². The molecule has 6 nitrogen and oxygen atoms in total. The van der Waals surface area contributed by atoms with Gasteiger partial charge < -0.3 is 15.5 Å². The quantitative estimate of drug-likeness (QED) is 0.381. The molecule has 0 aliphatic carbocycles. The van der Waals surface area contributed by atoms with Gasteiger partial charge in [0.15, 0.2) is 0 Å². The van der Waals surface area contributed by atoms with Gasteiger partial charge in [-0.2, -0.15) is 5.26 Å². The van der Waals surface area contributed by atoms with Crippen LogP contribution in [0.1, 0.15) is 13.3 Å². The molecule has 0 aromatic rings. The molecular weight excluding hydrogens is 198 g/mol. The first-order chi connectivity index (χ1) is 7.14. The zero-order valence-corrected chi connectivity index (χ0v) is 8.79. The highest BCUT2D eigenvalue weighted by Crippen LogP contribution is 2.07. The summed E-state index contributed by atoms with van der Waals surface area (Å²) in [5.74, 6) is -0.337. The van der Waals surface area contributed by atoms with Gasteiger partial charge in [0.2, 0.25) is 5.91 Å². The van der Waals surface area contributed by atoms with Gasteiger partial charge in [-0.25, -0.2) is 0 Å². The standard InChI is InChI=1S/C9H17N3O3/c1-2-9(6-13,7-14)12-5-8(15)11-4-3-10/h12-14H,2,4-7H2,1H3,(H,11,15). The van der Waals surface area contributed by atoms with Crippen molar-refractivity contribution in [1.29, 1.82) is 5.26 Å². The lowest BCUT2D eigenvalue weighted by molar-refractivity contribution is -0.120. The Morgan fingerprint density at radius 3 is 2.47 bits per heavy atom. The number of nitriles is 1. The Morgan fingerprint density at radius 1 is 1.47 bits per heavy atom. The van der Waals surface area contributed by atoms with Gasteiger partial charge >= 0.3 is 0 Å². The summed E-state index contributed by atoms with van der Waals surface area (Å²) < 4.78 is 0. The highest BCUT2D eigenvalue weighted by molar-refractivity contribution is 5.78. The van der Waals surface area contributed by atoms with Crippen LogP contribution in [0.3, 0.4) is 0 Å². The average molecular weight is 215 g/mol. The molecule has 0 atom stereocenters. The molecule has 0 aliphatic rings. The second-order valence-corrected chi connectivity index (χ2v) is 3.24. The van der Waals surface area contributed by atoms with E-state index >= 15 is 0 Å². The minimum atomic E-state index is -0.829. The molecule has 0 bridgehead atoms. The van der Waals surface area contributed by atoms with Crippen molar-refractivity contribution in [3.05, 3.63) is 0 Å². The normalized spacial score (nSPS) is 10.8. The SMILES string of the molecule is CCC(CO)(CO)NCC(=O)NCC#N. The van der Waals surface area contributed by atoms with E-state index in [-0.39, 0.29) is 32.2 Å². The number of rotatable bonds is 7. The number of nitrogens with zero attached hydrogens (tertiary/aromatic N) is 1. The molecule has 15 heavy (non-hydrogen) atoms. The van der Waals surface area contributed by atoms with Gasteiger partial charge in [0.1, 0.15) is 6.54 Å². The second kappa shape index (κ2) is 7.17. The summed E-state index contributed by atoms with van der Waals surface area (Å²) in [6.07, 6.45) is 0.505. The highest BCUT2D eigenvalue weighted by Gasteiger charge is 2.26. The van der Waals surface area contributed by atoms with E-state index in [1.807, 2.05) is 0 Å². The lowest BCUT2D eigenvalue weighted by atomic mass is 9.98. The number of amides is 1. The Morgan fingerprint density at radius 2 is 2.07 bits per heavy atom. The fraction of sp³-hybridized carbons (Fsp3) is 0.778. The van der Waals surface area contributed by atoms with Crippen LogP contribution < -0.4 is 10.6 Å². The highest BCUT2D eigenvalue weighted by atomic mass is 16.3. The number of aliphatic hydroxyl groups excluding tert-OH is 2. The minimum Gasteiger partial charge on any atom is -0.394 e. The van der Waals surface area contributed by atoms with Gasteiger partial charge in [0.25, 0.3) is 0 Å². The molecule has 4 N–H and O–H groups in total. The molecule has 0 saturated heterocycles. The maximum Gasteiger partial charge on any atom is 0.234 e. The first kappa shape index (κ1) is 13.8. The maximum absolute atomic E-state index is 11.1. The van der Waals surface area contributed by atoms with E-state index in [0.29, 0.717) is 6.42 Å². The molecule has 0 rings (SSSR count). The van der Waals surface area contributed by atoms with Crippen molar-refractivity contribution in [2.75, 3.05) is 26.3 Å². The van der Waals surface area contributed by atoms with E-state index in [1.165, 1.54) is 0 Å². The Balaban J connectivity index is 4.00. The fourth-order valence-electron chi connectivity index (χ4n) is 0.979. The number of nitrogens with one attached hydrogen (secondary N) is 2. The van der Waals surface area contributed by atoms with Crippen molar-refractivity contribution in [2.24, 2.45) is 0 Å². The first-order valence-corrected chi connectivity index (χ1v) is 4.74. The summed E-state index contributed by atoms with van der Waals surface area (Å²) in [5.41, 5.74) is -0.829. The molecule has 1 amide bonds. The van der Waals surface area contributed by atoms with Gasteiger partial charge in [-0.05, 0) is 6.42 Å². The molecule has 0 heterocycles. The topological polar surface area (TPSA) is 105 Å². The summed E-state index contributed by atoms with van der Waals surface area (Å²) in [7, 11) is 0. The fourth-order valence-corrected chi connectivity index (χ4v) is 0.979. The number of aliphatic hydroxyl groups is 2. The Kier molecular flexibility index (Phi) is 6.62. The van der Waals surface area contributed by atoms with Gasteiger partial charge in [-0.15, -0.1) is 0 Å². The molecular formula is C9H17N3O3. The monoisotopic (exact) mass is 215 g/mol. The molecule has 0 fully saturated rings. The largest absolute Gasteiger partial charge is 0.394 e. The smallest absolute Gasteiger partial charge is 0.234 e. The summed E-state index contributed by atoms with van der Waals surface area (Å²) in [5, 5.41) is 31.5. The first-order valence-electron chi connectivity index (χ1n) is 4.74. The third-order valence-corrected chi connectivity index (χ3v) is 2.27. The van der Waals surface area contributed by atoms with E-state index in [0.717, 1.165) is 0 Å². The predicted molar refractivity (Wildman–Crippen MR) is 53.8 cm³/mol. The summed E-state index contributed by atoms with van der Waals surface area (Å²) in [6.45, 7) is 1.23. The van der Waals surface area contributed by atoms with Crippen molar-refractivity contribution >= 4 is 5.91 Å². The van der Waals surface area contributed by atoms with Crippen molar-refractivity contribution in [3.63, 3.8) is 0 Å². The molecule has 0 saturated carbocycles. The molecule has 0 unspecified atom stereocenters. The van der Waals surface area contributed by atoms with Crippen LogP contribution in [0, 0.1) is 11.3 Å². The average Bonchev–Trinajstić information content (AvgIpc) is 2.29. The second-order valence-electron chi connectivity index (χ2n) is 3.24. The number of carbonyl (C=O) groups is 1. The Bertz CT molecular complexity index is 225. The maximum atomic E-state index is 11.1. The number of carbonyl (C=O) groups excluding carboxylic acids is 1. The van der Waals surface area contributed by atoms with Crippen LogP contribution in [0.2, 0.25) is 0 Å². The Hall–Kier alpha value is -1.16. The number of hydrogen-bond donors (Lipinski definition) is 4. The van der Waals surface area contributed by atoms with Crippen LogP contribution in [0.25, 0.3) is 0 Å². The van der Waals surface area contributed by atoms with Crippen LogP contribution in [0.4, 0.5) is 0 Å². The molecule has 0 aliphatic heterocycles. The van der Waals surface area contributed by atoms with Crippen molar-refractivity contribution in [3.8, 4) is 6.07 Å². The molecule has 0 aromatic carbocycles. The lowest BCUT2D eigenvalue weighted by Crippen LogP contribution is -2.54. The van der Waals surface area contributed by atoms with E-state index in [4.69, 9.17) is 15.5 Å². The van der Waals surface area contributed by atoms with E-state index in [2.05, 4.69) is 10.6 Å². The van der Waals surface area contributed by atoms with Crippen molar-refractivity contribution in [2.45, 2.75) is 18.9 Å². The molecule has 6 heteroatoms. The molecule has 0 radical (unpaired) electrons. The minimum absolute atomic E-state index is 0.0311. The third kappa shape index (κ3) is 4.74. The molecule has 0 aromatic heterocycles. The van der Waals surface area contributed by atoms with Crippen molar-refractivity contribution < 1.29 is 15.0 Å². The van der Waals surface area contributed by atoms with E-state index in [1.54, 1.807) is 13.0 Å². The Labute approximate surface area is 88.9 Å². The van der Waals surface area contributed by atoms with E-state index < -0.39 is 5.54 Å². The lowest BCUT2D eigenvalue weighted by Gasteiger charge is -2.29. The van der Waals surface area contributed by atoms with Crippen LogP contribution in [0.5, 0.6) is 0 Å². The van der Waals surface area contributed by atoms with Crippen LogP contribution in [0.15, 0.2) is 0 Å². The summed E-state index contributed by atoms with van der Waals surface area (Å²) in [6, 6.07) is 1.78. The van der Waals surface area contributed by atoms with Crippen molar-refractivity contribution in [1.82, 2.24) is 10.6 Å².